The Labute approximate surface area is 110 Å². The van der Waals surface area contributed by atoms with Gasteiger partial charge in [0.1, 0.15) is 12.6 Å². The summed E-state index contributed by atoms with van der Waals surface area (Å²) in [5, 5.41) is 14.2. The largest absolute Gasteiger partial charge is 0.480 e. The molecule has 1 saturated carbocycles. The van der Waals surface area contributed by atoms with Crippen molar-refractivity contribution in [2.45, 2.75) is 31.0 Å². The van der Waals surface area contributed by atoms with Gasteiger partial charge in [0.05, 0.1) is 6.10 Å². The lowest BCUT2D eigenvalue weighted by atomic mass is 9.89. The Morgan fingerprint density at radius 2 is 2.16 bits per heavy atom. The van der Waals surface area contributed by atoms with Gasteiger partial charge in [0, 0.05) is 19.7 Å². The van der Waals surface area contributed by atoms with Gasteiger partial charge in [0.15, 0.2) is 0 Å². The molecule has 0 aromatic heterocycles. The minimum atomic E-state index is -1.13. The van der Waals surface area contributed by atoms with Crippen molar-refractivity contribution in [3.8, 4) is 0 Å². The van der Waals surface area contributed by atoms with Crippen LogP contribution in [0.1, 0.15) is 12.8 Å². The number of carbonyl (C=O) groups is 3. The smallest absolute Gasteiger partial charge is 0.328 e. The molecule has 0 bridgehead atoms. The third kappa shape index (κ3) is 2.95. The lowest BCUT2D eigenvalue weighted by Crippen LogP contribution is -2.63. The topological polar surface area (TPSA) is 108 Å². The fourth-order valence-electron chi connectivity index (χ4n) is 2.21. The Morgan fingerprint density at radius 1 is 1.47 bits per heavy atom. The second-order valence-corrected chi connectivity index (χ2v) is 4.76. The van der Waals surface area contributed by atoms with Crippen LogP contribution in [0.15, 0.2) is 0 Å². The first kappa shape index (κ1) is 13.6. The van der Waals surface area contributed by atoms with E-state index in [0.29, 0.717) is 12.8 Å². The molecule has 0 aromatic rings. The molecule has 1 aliphatic carbocycles. The summed E-state index contributed by atoms with van der Waals surface area (Å²) in [5.74, 6) is -1.48. The standard InChI is InChI=1S/C11H17N3O5/c1-19-7-2-6(3-7)13-11(18)14-5-9(15)12-4-8(14)10(16)17/h6-8H,2-5H2,1H3,(H,12,15)(H,13,18)(H,16,17). The molecule has 8 nitrogen and oxygen atoms in total. The van der Waals surface area contributed by atoms with Gasteiger partial charge in [-0.05, 0) is 12.8 Å². The van der Waals surface area contributed by atoms with E-state index in [4.69, 9.17) is 9.84 Å². The highest BCUT2D eigenvalue weighted by Crippen LogP contribution is 2.22. The van der Waals surface area contributed by atoms with Crippen molar-refractivity contribution < 1.29 is 24.2 Å². The van der Waals surface area contributed by atoms with Crippen molar-refractivity contribution >= 4 is 17.9 Å². The molecule has 19 heavy (non-hydrogen) atoms. The average molecular weight is 271 g/mol. The zero-order chi connectivity index (χ0) is 14.0. The molecule has 3 amide bonds. The Bertz CT molecular complexity index is 394. The summed E-state index contributed by atoms with van der Waals surface area (Å²) in [4.78, 5) is 35.4. The number of piperazine rings is 1. The van der Waals surface area contributed by atoms with E-state index in [-0.39, 0.29) is 31.1 Å². The van der Waals surface area contributed by atoms with E-state index in [1.54, 1.807) is 7.11 Å². The number of nitrogens with zero attached hydrogens (tertiary/aromatic N) is 1. The fraction of sp³-hybridized carbons (Fsp3) is 0.727. The number of carboxylic acid groups (broad SMARTS) is 1. The van der Waals surface area contributed by atoms with Gasteiger partial charge in [-0.1, -0.05) is 0 Å². The molecule has 106 valence electrons. The van der Waals surface area contributed by atoms with E-state index in [0.717, 1.165) is 4.90 Å². The van der Waals surface area contributed by atoms with E-state index < -0.39 is 18.0 Å². The highest BCUT2D eigenvalue weighted by atomic mass is 16.5. The van der Waals surface area contributed by atoms with Crippen LogP contribution in [-0.4, -0.2) is 66.3 Å². The van der Waals surface area contributed by atoms with Gasteiger partial charge >= 0.3 is 12.0 Å². The molecule has 1 unspecified atom stereocenters. The first-order chi connectivity index (χ1) is 9.01. The van der Waals surface area contributed by atoms with E-state index >= 15 is 0 Å². The fourth-order valence-corrected chi connectivity index (χ4v) is 2.21. The molecule has 1 saturated heterocycles. The highest BCUT2D eigenvalue weighted by Gasteiger charge is 2.38. The second-order valence-electron chi connectivity index (χ2n) is 4.76. The van der Waals surface area contributed by atoms with Crippen LogP contribution in [0.3, 0.4) is 0 Å². The predicted octanol–water partition coefficient (Wildman–Crippen LogP) is -1.24. The molecule has 2 aliphatic rings. The van der Waals surface area contributed by atoms with Crippen molar-refractivity contribution in [2.24, 2.45) is 0 Å². The summed E-state index contributed by atoms with van der Waals surface area (Å²) in [5.41, 5.74) is 0. The Hall–Kier alpha value is -1.83. The van der Waals surface area contributed by atoms with Gasteiger partial charge in [-0.15, -0.1) is 0 Å². The zero-order valence-corrected chi connectivity index (χ0v) is 10.6. The SMILES string of the molecule is COC1CC(NC(=O)N2CC(=O)NCC2C(=O)O)C1. The zero-order valence-electron chi connectivity index (χ0n) is 10.6. The normalized spacial score (nSPS) is 30.3. The summed E-state index contributed by atoms with van der Waals surface area (Å²) >= 11 is 0. The van der Waals surface area contributed by atoms with Gasteiger partial charge in [-0.25, -0.2) is 9.59 Å². The van der Waals surface area contributed by atoms with Crippen molar-refractivity contribution in [2.75, 3.05) is 20.2 Å². The van der Waals surface area contributed by atoms with Gasteiger partial charge < -0.3 is 20.5 Å². The maximum absolute atomic E-state index is 12.0. The quantitative estimate of drug-likeness (QED) is 0.595. The van der Waals surface area contributed by atoms with Crippen LogP contribution in [0.2, 0.25) is 0 Å². The molecule has 8 heteroatoms. The first-order valence-electron chi connectivity index (χ1n) is 6.10. The summed E-state index contributed by atoms with van der Waals surface area (Å²) in [6, 6.07) is -1.55. The molecule has 2 fully saturated rings. The lowest BCUT2D eigenvalue weighted by molar-refractivity contribution is -0.144. The van der Waals surface area contributed by atoms with Crippen LogP contribution in [0.25, 0.3) is 0 Å². The molecular formula is C11H17N3O5. The van der Waals surface area contributed by atoms with Crippen LogP contribution in [-0.2, 0) is 14.3 Å². The lowest BCUT2D eigenvalue weighted by Gasteiger charge is -2.38. The molecule has 0 spiro atoms. The molecule has 0 aromatic carbocycles. The summed E-state index contributed by atoms with van der Waals surface area (Å²) < 4.78 is 5.10. The van der Waals surface area contributed by atoms with E-state index in [9.17, 15) is 14.4 Å². The van der Waals surface area contributed by atoms with Crippen LogP contribution < -0.4 is 10.6 Å². The molecule has 1 atom stereocenters. The van der Waals surface area contributed by atoms with Gasteiger partial charge in [0.25, 0.3) is 0 Å². The number of rotatable bonds is 3. The number of methoxy groups -OCH3 is 1. The van der Waals surface area contributed by atoms with Crippen LogP contribution in [0.5, 0.6) is 0 Å². The number of hydrogen-bond donors (Lipinski definition) is 3. The van der Waals surface area contributed by atoms with Crippen LogP contribution in [0.4, 0.5) is 4.79 Å². The molecule has 1 heterocycles. The third-order valence-corrected chi connectivity index (χ3v) is 3.48. The number of amides is 3. The molecule has 1 aliphatic heterocycles. The number of ether oxygens (including phenoxy) is 1. The Morgan fingerprint density at radius 3 is 2.74 bits per heavy atom. The third-order valence-electron chi connectivity index (χ3n) is 3.48. The van der Waals surface area contributed by atoms with Crippen molar-refractivity contribution in [1.29, 1.82) is 0 Å². The number of hydrogen-bond acceptors (Lipinski definition) is 4. The molecular weight excluding hydrogens is 254 g/mol. The minimum absolute atomic E-state index is 0.0168. The summed E-state index contributed by atoms with van der Waals surface area (Å²) in [7, 11) is 1.61. The Kier molecular flexibility index (Phi) is 3.89. The summed E-state index contributed by atoms with van der Waals surface area (Å²) in [6.07, 6.45) is 1.56. The number of aliphatic carboxylic acids is 1. The van der Waals surface area contributed by atoms with Gasteiger partial charge in [0.2, 0.25) is 5.91 Å². The number of urea groups is 1. The predicted molar refractivity (Wildman–Crippen MR) is 63.5 cm³/mol. The van der Waals surface area contributed by atoms with Gasteiger partial charge in [-0.2, -0.15) is 0 Å². The van der Waals surface area contributed by atoms with E-state index in [1.165, 1.54) is 0 Å². The van der Waals surface area contributed by atoms with Crippen LogP contribution >= 0.6 is 0 Å². The van der Waals surface area contributed by atoms with Crippen molar-refractivity contribution in [3.05, 3.63) is 0 Å². The number of carbonyl (C=O) groups excluding carboxylic acids is 2. The Balaban J connectivity index is 1.91. The number of carboxylic acids is 1. The molecule has 3 N–H and O–H groups in total. The van der Waals surface area contributed by atoms with E-state index in [2.05, 4.69) is 10.6 Å². The monoisotopic (exact) mass is 271 g/mol. The number of nitrogens with one attached hydrogen (secondary N) is 2. The maximum atomic E-state index is 12.0. The average Bonchev–Trinajstić information content (AvgIpc) is 2.32. The highest BCUT2D eigenvalue weighted by molar-refractivity contribution is 5.90. The van der Waals surface area contributed by atoms with Crippen LogP contribution in [0, 0.1) is 0 Å². The first-order valence-corrected chi connectivity index (χ1v) is 6.10. The van der Waals surface area contributed by atoms with Crippen molar-refractivity contribution in [3.63, 3.8) is 0 Å². The second kappa shape index (κ2) is 5.43. The van der Waals surface area contributed by atoms with Gasteiger partial charge in [-0.3, -0.25) is 9.69 Å². The van der Waals surface area contributed by atoms with Crippen molar-refractivity contribution in [1.82, 2.24) is 15.5 Å². The molecule has 0 radical (unpaired) electrons. The van der Waals surface area contributed by atoms with E-state index in [1.807, 2.05) is 0 Å². The minimum Gasteiger partial charge on any atom is -0.480 e. The summed E-state index contributed by atoms with van der Waals surface area (Å²) in [6.45, 7) is -0.295. The maximum Gasteiger partial charge on any atom is 0.328 e. The molecule has 2 rings (SSSR count).